The van der Waals surface area contributed by atoms with Crippen molar-refractivity contribution in [2.45, 2.75) is 5.75 Å². The van der Waals surface area contributed by atoms with E-state index in [1.807, 2.05) is 6.07 Å². The summed E-state index contributed by atoms with van der Waals surface area (Å²) >= 11 is 4.09. The van der Waals surface area contributed by atoms with E-state index in [1.165, 1.54) is 0 Å². The van der Waals surface area contributed by atoms with Crippen LogP contribution in [0, 0.1) is 0 Å². The van der Waals surface area contributed by atoms with E-state index in [0.717, 1.165) is 16.9 Å². The summed E-state index contributed by atoms with van der Waals surface area (Å²) in [6.07, 6.45) is 0. The van der Waals surface area contributed by atoms with Gasteiger partial charge in [0.25, 0.3) is 0 Å². The molecular weight excluding hydrogens is 144 g/mol. The van der Waals surface area contributed by atoms with Gasteiger partial charge in [-0.15, -0.1) is 0 Å². The lowest BCUT2D eigenvalue weighted by Crippen LogP contribution is -1.93. The minimum atomic E-state index is 0.636. The van der Waals surface area contributed by atoms with E-state index in [-0.39, 0.29) is 0 Å². The molecule has 0 saturated heterocycles. The van der Waals surface area contributed by atoms with Gasteiger partial charge in [-0.05, 0) is 23.8 Å². The number of nitrogens with two attached hydrogens (primary N) is 2. The first-order valence-electron chi connectivity index (χ1n) is 2.99. The summed E-state index contributed by atoms with van der Waals surface area (Å²) < 4.78 is 0. The third-order valence-corrected chi connectivity index (χ3v) is 1.68. The molecule has 0 fully saturated rings. The molecule has 54 valence electrons. The lowest BCUT2D eigenvalue weighted by atomic mass is 10.2. The molecule has 1 rings (SSSR count). The maximum absolute atomic E-state index is 5.60. The van der Waals surface area contributed by atoms with Gasteiger partial charge in [0.15, 0.2) is 0 Å². The number of rotatable bonds is 1. The standard InChI is InChI=1S/C7H10N2S/c8-6-1-2-7(9)5(3-6)4-10/h1-3,10H,4,8-9H2. The van der Waals surface area contributed by atoms with Crippen molar-refractivity contribution in [3.63, 3.8) is 0 Å². The average molecular weight is 154 g/mol. The molecule has 0 radical (unpaired) electrons. The van der Waals surface area contributed by atoms with Gasteiger partial charge in [0.1, 0.15) is 0 Å². The van der Waals surface area contributed by atoms with Gasteiger partial charge in [-0.3, -0.25) is 0 Å². The second-order valence-electron chi connectivity index (χ2n) is 2.12. The van der Waals surface area contributed by atoms with Crippen LogP contribution in [0.3, 0.4) is 0 Å². The summed E-state index contributed by atoms with van der Waals surface area (Å²) in [6, 6.07) is 5.41. The first-order valence-corrected chi connectivity index (χ1v) is 3.62. The van der Waals surface area contributed by atoms with Crippen LogP contribution in [0.15, 0.2) is 18.2 Å². The Balaban J connectivity index is 3.09. The van der Waals surface area contributed by atoms with E-state index in [4.69, 9.17) is 11.5 Å². The molecule has 1 aromatic carbocycles. The monoisotopic (exact) mass is 154 g/mol. The summed E-state index contributed by atoms with van der Waals surface area (Å²) in [4.78, 5) is 0. The van der Waals surface area contributed by atoms with Crippen LogP contribution in [-0.4, -0.2) is 0 Å². The number of anilines is 2. The van der Waals surface area contributed by atoms with Crippen LogP contribution in [0.5, 0.6) is 0 Å². The fourth-order valence-electron chi connectivity index (χ4n) is 0.763. The molecule has 3 heteroatoms. The first kappa shape index (κ1) is 7.28. The van der Waals surface area contributed by atoms with E-state index >= 15 is 0 Å². The molecular formula is C7H10N2S. The van der Waals surface area contributed by atoms with Crippen LogP contribution >= 0.6 is 12.6 Å². The van der Waals surface area contributed by atoms with Crippen molar-refractivity contribution in [2.75, 3.05) is 11.5 Å². The Labute approximate surface area is 65.6 Å². The van der Waals surface area contributed by atoms with Crippen molar-refractivity contribution in [3.8, 4) is 0 Å². The fourth-order valence-corrected chi connectivity index (χ4v) is 1.04. The molecule has 10 heavy (non-hydrogen) atoms. The highest BCUT2D eigenvalue weighted by molar-refractivity contribution is 7.79. The molecule has 0 saturated carbocycles. The Morgan fingerprint density at radius 3 is 2.50 bits per heavy atom. The smallest absolute Gasteiger partial charge is 0.0356 e. The summed E-state index contributed by atoms with van der Waals surface area (Å²) in [5, 5.41) is 0. The number of hydrogen-bond donors (Lipinski definition) is 3. The van der Waals surface area contributed by atoms with Crippen molar-refractivity contribution in [2.24, 2.45) is 0 Å². The van der Waals surface area contributed by atoms with E-state index in [1.54, 1.807) is 12.1 Å². The predicted octanol–water partition coefficient (Wildman–Crippen LogP) is 1.28. The number of nitrogen functional groups attached to an aromatic ring is 2. The molecule has 0 aliphatic heterocycles. The molecule has 0 spiro atoms. The van der Waals surface area contributed by atoms with Gasteiger partial charge in [-0.2, -0.15) is 12.6 Å². The second-order valence-corrected chi connectivity index (χ2v) is 2.43. The van der Waals surface area contributed by atoms with Crippen molar-refractivity contribution in [3.05, 3.63) is 23.8 Å². The Kier molecular flexibility index (Phi) is 2.06. The maximum Gasteiger partial charge on any atom is 0.0356 e. The SMILES string of the molecule is Nc1ccc(N)c(CS)c1. The lowest BCUT2D eigenvalue weighted by molar-refractivity contribution is 1.43. The van der Waals surface area contributed by atoms with Crippen LogP contribution in [0.1, 0.15) is 5.56 Å². The molecule has 0 aliphatic rings. The van der Waals surface area contributed by atoms with Gasteiger partial charge in [0, 0.05) is 17.1 Å². The number of hydrogen-bond acceptors (Lipinski definition) is 3. The van der Waals surface area contributed by atoms with E-state index in [9.17, 15) is 0 Å². The quantitative estimate of drug-likeness (QED) is 0.421. The Morgan fingerprint density at radius 2 is 2.00 bits per heavy atom. The van der Waals surface area contributed by atoms with Crippen molar-refractivity contribution in [1.82, 2.24) is 0 Å². The highest BCUT2D eigenvalue weighted by Crippen LogP contribution is 2.16. The molecule has 0 heterocycles. The number of benzene rings is 1. The van der Waals surface area contributed by atoms with Crippen LogP contribution in [0.25, 0.3) is 0 Å². The van der Waals surface area contributed by atoms with Crippen molar-refractivity contribution in [1.29, 1.82) is 0 Å². The van der Waals surface area contributed by atoms with E-state index < -0.39 is 0 Å². The Bertz CT molecular complexity index is 235. The van der Waals surface area contributed by atoms with Crippen molar-refractivity contribution < 1.29 is 0 Å². The summed E-state index contributed by atoms with van der Waals surface area (Å²) in [7, 11) is 0. The highest BCUT2D eigenvalue weighted by atomic mass is 32.1. The summed E-state index contributed by atoms with van der Waals surface area (Å²) in [6.45, 7) is 0. The highest BCUT2D eigenvalue weighted by Gasteiger charge is 1.95. The number of thiol groups is 1. The molecule has 1 aromatic rings. The normalized spacial score (nSPS) is 9.70. The van der Waals surface area contributed by atoms with Crippen LogP contribution in [-0.2, 0) is 5.75 Å². The van der Waals surface area contributed by atoms with Gasteiger partial charge in [0.2, 0.25) is 0 Å². The molecule has 2 nitrogen and oxygen atoms in total. The first-order chi connectivity index (χ1) is 4.74. The van der Waals surface area contributed by atoms with Gasteiger partial charge in [-0.1, -0.05) is 0 Å². The third-order valence-electron chi connectivity index (χ3n) is 1.34. The predicted molar refractivity (Wildman–Crippen MR) is 48.0 cm³/mol. The van der Waals surface area contributed by atoms with Crippen molar-refractivity contribution >= 4 is 24.0 Å². The zero-order valence-electron chi connectivity index (χ0n) is 5.54. The summed E-state index contributed by atoms with van der Waals surface area (Å²) in [5.41, 5.74) is 13.6. The van der Waals surface area contributed by atoms with Crippen LogP contribution < -0.4 is 11.5 Å². The average Bonchev–Trinajstić information content (AvgIpc) is 1.94. The summed E-state index contributed by atoms with van der Waals surface area (Å²) in [5.74, 6) is 0.636. The zero-order valence-corrected chi connectivity index (χ0v) is 6.44. The van der Waals surface area contributed by atoms with Gasteiger partial charge in [-0.25, -0.2) is 0 Å². The molecule has 0 aliphatic carbocycles. The third kappa shape index (κ3) is 1.36. The van der Waals surface area contributed by atoms with Gasteiger partial charge >= 0.3 is 0 Å². The molecule has 0 aromatic heterocycles. The fraction of sp³-hybridized carbons (Fsp3) is 0.143. The Hall–Kier alpha value is -0.830. The molecule has 4 N–H and O–H groups in total. The second kappa shape index (κ2) is 2.84. The minimum Gasteiger partial charge on any atom is -0.399 e. The topological polar surface area (TPSA) is 52.0 Å². The van der Waals surface area contributed by atoms with Gasteiger partial charge < -0.3 is 11.5 Å². The van der Waals surface area contributed by atoms with Crippen LogP contribution in [0.4, 0.5) is 11.4 Å². The molecule has 0 bridgehead atoms. The largest absolute Gasteiger partial charge is 0.399 e. The minimum absolute atomic E-state index is 0.636. The maximum atomic E-state index is 5.60. The molecule has 0 unspecified atom stereocenters. The zero-order chi connectivity index (χ0) is 7.56. The van der Waals surface area contributed by atoms with E-state index in [0.29, 0.717) is 5.75 Å². The Morgan fingerprint density at radius 1 is 1.30 bits per heavy atom. The van der Waals surface area contributed by atoms with Gasteiger partial charge in [0.05, 0.1) is 0 Å². The molecule has 0 atom stereocenters. The van der Waals surface area contributed by atoms with Crippen LogP contribution in [0.2, 0.25) is 0 Å². The van der Waals surface area contributed by atoms with E-state index in [2.05, 4.69) is 12.6 Å². The molecule has 0 amide bonds. The lowest BCUT2D eigenvalue weighted by Gasteiger charge is -2.01.